The molecule has 90 valence electrons. The highest BCUT2D eigenvalue weighted by Gasteiger charge is 2.53. The van der Waals surface area contributed by atoms with E-state index in [0.717, 1.165) is 18.2 Å². The van der Waals surface area contributed by atoms with Crippen LogP contribution in [0.4, 0.5) is 5.69 Å². The zero-order chi connectivity index (χ0) is 11.9. The highest BCUT2D eigenvalue weighted by molar-refractivity contribution is 5.91. The third-order valence-corrected chi connectivity index (χ3v) is 3.99. The number of hydrogen-bond acceptors (Lipinski definition) is 3. The van der Waals surface area contributed by atoms with Crippen molar-refractivity contribution in [1.29, 1.82) is 0 Å². The number of hydrogen-bond donors (Lipinski definition) is 2. The molecule has 3 rings (SSSR count). The summed E-state index contributed by atoms with van der Waals surface area (Å²) in [6.07, 6.45) is 7.10. The standard InChI is InChI=1S/C13H17N3O/c14-12(17)11-7-10(3-6-15-11)16-8-13(4-5-13)9-1-2-9/h3,6-7,9H,1-2,4-5,8H2,(H2,14,17)(H,15,16). The maximum absolute atomic E-state index is 11.0. The van der Waals surface area contributed by atoms with E-state index in [1.807, 2.05) is 6.07 Å². The molecular formula is C13H17N3O. The number of carbonyl (C=O) groups is 1. The first-order valence-electron chi connectivity index (χ1n) is 6.19. The molecule has 1 aromatic rings. The van der Waals surface area contributed by atoms with Crippen molar-refractivity contribution >= 4 is 11.6 Å². The van der Waals surface area contributed by atoms with Gasteiger partial charge >= 0.3 is 0 Å². The van der Waals surface area contributed by atoms with Crippen LogP contribution in [-0.2, 0) is 0 Å². The topological polar surface area (TPSA) is 68.0 Å². The molecule has 0 saturated heterocycles. The summed E-state index contributed by atoms with van der Waals surface area (Å²) in [5.74, 6) is 0.462. The molecule has 1 aromatic heterocycles. The van der Waals surface area contributed by atoms with Gasteiger partial charge in [-0.3, -0.25) is 9.78 Å². The minimum atomic E-state index is -0.475. The maximum Gasteiger partial charge on any atom is 0.267 e. The molecule has 3 N–H and O–H groups in total. The van der Waals surface area contributed by atoms with Crippen LogP contribution in [0.25, 0.3) is 0 Å². The summed E-state index contributed by atoms with van der Waals surface area (Å²) in [5, 5.41) is 3.42. The Balaban J connectivity index is 1.64. The van der Waals surface area contributed by atoms with Gasteiger partial charge in [0.2, 0.25) is 0 Å². The molecule has 0 atom stereocenters. The number of anilines is 1. The molecule has 0 bridgehead atoms. The lowest BCUT2D eigenvalue weighted by molar-refractivity contribution is 0.0995. The SMILES string of the molecule is NC(=O)c1cc(NCC2(C3CC3)CC2)ccn1. The lowest BCUT2D eigenvalue weighted by Gasteiger charge is -2.16. The van der Waals surface area contributed by atoms with E-state index in [9.17, 15) is 4.79 Å². The summed E-state index contributed by atoms with van der Waals surface area (Å²) >= 11 is 0. The Labute approximate surface area is 101 Å². The second-order valence-corrected chi connectivity index (χ2v) is 5.28. The van der Waals surface area contributed by atoms with Gasteiger partial charge in [-0.2, -0.15) is 0 Å². The molecule has 0 aromatic carbocycles. The summed E-state index contributed by atoms with van der Waals surface area (Å²) in [7, 11) is 0. The third kappa shape index (κ3) is 2.12. The van der Waals surface area contributed by atoms with Gasteiger partial charge in [-0.15, -0.1) is 0 Å². The van der Waals surface area contributed by atoms with Crippen LogP contribution < -0.4 is 11.1 Å². The second-order valence-electron chi connectivity index (χ2n) is 5.28. The van der Waals surface area contributed by atoms with Gasteiger partial charge in [0.1, 0.15) is 5.69 Å². The third-order valence-electron chi connectivity index (χ3n) is 3.99. The lowest BCUT2D eigenvalue weighted by Crippen LogP contribution is -2.18. The Morgan fingerprint density at radius 3 is 2.88 bits per heavy atom. The first kappa shape index (κ1) is 10.6. The zero-order valence-electron chi connectivity index (χ0n) is 9.78. The Hall–Kier alpha value is -1.58. The smallest absolute Gasteiger partial charge is 0.267 e. The van der Waals surface area contributed by atoms with Crippen LogP contribution in [0, 0.1) is 11.3 Å². The number of nitrogens with two attached hydrogens (primary N) is 1. The normalized spacial score (nSPS) is 20.9. The first-order valence-corrected chi connectivity index (χ1v) is 6.19. The van der Waals surface area contributed by atoms with Gasteiger partial charge in [-0.05, 0) is 49.1 Å². The molecule has 2 fully saturated rings. The van der Waals surface area contributed by atoms with Crippen LogP contribution in [0.5, 0.6) is 0 Å². The van der Waals surface area contributed by atoms with Crippen LogP contribution >= 0.6 is 0 Å². The van der Waals surface area contributed by atoms with Gasteiger partial charge in [0, 0.05) is 18.4 Å². The summed E-state index contributed by atoms with van der Waals surface area (Å²) in [6.45, 7) is 1.01. The van der Waals surface area contributed by atoms with Crippen molar-refractivity contribution in [2.45, 2.75) is 25.7 Å². The van der Waals surface area contributed by atoms with Gasteiger partial charge < -0.3 is 11.1 Å². The molecule has 17 heavy (non-hydrogen) atoms. The van der Waals surface area contributed by atoms with E-state index < -0.39 is 5.91 Å². The Morgan fingerprint density at radius 2 is 2.29 bits per heavy atom. The van der Waals surface area contributed by atoms with E-state index >= 15 is 0 Å². The van der Waals surface area contributed by atoms with Gasteiger partial charge in [-0.1, -0.05) is 0 Å². The predicted octanol–water partition coefficient (Wildman–Crippen LogP) is 1.78. The largest absolute Gasteiger partial charge is 0.384 e. The number of carbonyl (C=O) groups excluding carboxylic acids is 1. The van der Waals surface area contributed by atoms with Crippen molar-refractivity contribution in [2.75, 3.05) is 11.9 Å². The monoisotopic (exact) mass is 231 g/mol. The fourth-order valence-corrected chi connectivity index (χ4v) is 2.54. The molecule has 0 spiro atoms. The molecule has 2 aliphatic carbocycles. The van der Waals surface area contributed by atoms with Crippen molar-refractivity contribution in [3.05, 3.63) is 24.0 Å². The van der Waals surface area contributed by atoms with Crippen LogP contribution in [0.15, 0.2) is 18.3 Å². The average Bonchev–Trinajstić information content (AvgIpc) is 3.17. The maximum atomic E-state index is 11.0. The first-order chi connectivity index (χ1) is 8.20. The van der Waals surface area contributed by atoms with Crippen molar-refractivity contribution in [3.63, 3.8) is 0 Å². The molecule has 1 heterocycles. The second kappa shape index (κ2) is 3.72. The minimum Gasteiger partial charge on any atom is -0.384 e. The van der Waals surface area contributed by atoms with Gasteiger partial charge in [0.15, 0.2) is 0 Å². The van der Waals surface area contributed by atoms with E-state index in [4.69, 9.17) is 5.73 Å². The van der Waals surface area contributed by atoms with Crippen LogP contribution in [-0.4, -0.2) is 17.4 Å². The number of amides is 1. The molecular weight excluding hydrogens is 214 g/mol. The van der Waals surface area contributed by atoms with E-state index in [-0.39, 0.29) is 0 Å². The van der Waals surface area contributed by atoms with Crippen molar-refractivity contribution in [2.24, 2.45) is 17.1 Å². The molecule has 4 heteroatoms. The van der Waals surface area contributed by atoms with Crippen LogP contribution in [0.2, 0.25) is 0 Å². The molecule has 4 nitrogen and oxygen atoms in total. The Bertz CT molecular complexity index is 450. The van der Waals surface area contributed by atoms with E-state index in [1.54, 1.807) is 12.3 Å². The Morgan fingerprint density at radius 1 is 1.53 bits per heavy atom. The van der Waals surface area contributed by atoms with Crippen LogP contribution in [0.3, 0.4) is 0 Å². The van der Waals surface area contributed by atoms with Crippen LogP contribution in [0.1, 0.15) is 36.2 Å². The molecule has 2 saturated carbocycles. The lowest BCUT2D eigenvalue weighted by atomic mass is 10.0. The number of primary amides is 1. The Kier molecular flexibility index (Phi) is 2.31. The van der Waals surface area contributed by atoms with Crippen molar-refractivity contribution in [1.82, 2.24) is 4.98 Å². The highest BCUT2D eigenvalue weighted by Crippen LogP contribution is 2.61. The predicted molar refractivity (Wildman–Crippen MR) is 65.6 cm³/mol. The van der Waals surface area contributed by atoms with Gasteiger partial charge in [-0.25, -0.2) is 0 Å². The number of nitrogens with zero attached hydrogens (tertiary/aromatic N) is 1. The van der Waals surface area contributed by atoms with Crippen molar-refractivity contribution < 1.29 is 4.79 Å². The fourth-order valence-electron chi connectivity index (χ4n) is 2.54. The van der Waals surface area contributed by atoms with E-state index in [1.165, 1.54) is 25.7 Å². The molecule has 0 aliphatic heterocycles. The van der Waals surface area contributed by atoms with Gasteiger partial charge in [0.25, 0.3) is 5.91 Å². The number of pyridine rings is 1. The van der Waals surface area contributed by atoms with Gasteiger partial charge in [0.05, 0.1) is 0 Å². The molecule has 2 aliphatic rings. The quantitative estimate of drug-likeness (QED) is 0.811. The average molecular weight is 231 g/mol. The van der Waals surface area contributed by atoms with Crippen molar-refractivity contribution in [3.8, 4) is 0 Å². The van der Waals surface area contributed by atoms with E-state index in [2.05, 4.69) is 10.3 Å². The summed E-state index contributed by atoms with van der Waals surface area (Å²) in [5.41, 5.74) is 7.03. The number of nitrogens with one attached hydrogen (secondary N) is 1. The van der Waals surface area contributed by atoms with E-state index in [0.29, 0.717) is 11.1 Å². The molecule has 0 radical (unpaired) electrons. The number of aromatic nitrogens is 1. The number of rotatable bonds is 5. The summed E-state index contributed by atoms with van der Waals surface area (Å²) in [4.78, 5) is 14.9. The summed E-state index contributed by atoms with van der Waals surface area (Å²) in [6, 6.07) is 3.61. The highest BCUT2D eigenvalue weighted by atomic mass is 16.1. The minimum absolute atomic E-state index is 0.325. The fraction of sp³-hybridized carbons (Fsp3) is 0.538. The molecule has 0 unspecified atom stereocenters. The molecule has 1 amide bonds. The zero-order valence-corrected chi connectivity index (χ0v) is 9.78. The summed E-state index contributed by atoms with van der Waals surface area (Å²) < 4.78 is 0.